The monoisotopic (exact) mass is 517 g/mol. The van der Waals surface area contributed by atoms with E-state index in [4.69, 9.17) is 22.3 Å². The van der Waals surface area contributed by atoms with E-state index in [9.17, 15) is 34.2 Å². The molecule has 0 aliphatic carbocycles. The van der Waals surface area contributed by atoms with Crippen molar-refractivity contribution in [2.45, 2.75) is 83.1 Å². The number of nitrogens with two attached hydrogens (primary N) is 3. The van der Waals surface area contributed by atoms with Crippen LogP contribution in [0.4, 0.5) is 0 Å². The summed E-state index contributed by atoms with van der Waals surface area (Å²) in [7, 11) is 0. The summed E-state index contributed by atoms with van der Waals surface area (Å²) in [5.74, 6) is -5.64. The Morgan fingerprint density at radius 3 is 1.94 bits per heavy atom. The van der Waals surface area contributed by atoms with Gasteiger partial charge in [-0.25, -0.2) is 4.79 Å². The molecule has 3 amide bonds. The quantitative estimate of drug-likeness (QED) is 0.0539. The van der Waals surface area contributed by atoms with E-state index in [0.717, 1.165) is 6.92 Å². The molecule has 0 aliphatic rings. The number of rotatable bonds is 17. The Hall–Kier alpha value is -3.46. The van der Waals surface area contributed by atoms with Crippen molar-refractivity contribution < 1.29 is 39.3 Å². The predicted octanol–water partition coefficient (Wildman–Crippen LogP) is -2.80. The van der Waals surface area contributed by atoms with Gasteiger partial charge in [0, 0.05) is 13.0 Å². The maximum atomic E-state index is 13.0. The lowest BCUT2D eigenvalue weighted by Crippen LogP contribution is -2.59. The highest BCUT2D eigenvalue weighted by atomic mass is 16.4. The topological polar surface area (TPSA) is 273 Å². The number of amides is 3. The molecule has 0 bridgehead atoms. The molecule has 0 saturated carbocycles. The van der Waals surface area contributed by atoms with Crippen molar-refractivity contribution >= 4 is 35.6 Å². The minimum absolute atomic E-state index is 0.0915. The van der Waals surface area contributed by atoms with Gasteiger partial charge in [0.25, 0.3) is 0 Å². The number of carboxylic acids is 2. The normalized spacial score (nSPS) is 15.8. The van der Waals surface area contributed by atoms with Crippen molar-refractivity contribution in [2.24, 2.45) is 28.1 Å². The van der Waals surface area contributed by atoms with Gasteiger partial charge in [-0.1, -0.05) is 20.3 Å². The van der Waals surface area contributed by atoms with Crippen molar-refractivity contribution in [3.05, 3.63) is 0 Å². The number of aliphatic hydroxyl groups is 1. The highest BCUT2D eigenvalue weighted by Gasteiger charge is 2.33. The number of aliphatic imine (C=N–C) groups is 1. The van der Waals surface area contributed by atoms with Crippen LogP contribution >= 0.6 is 0 Å². The zero-order valence-corrected chi connectivity index (χ0v) is 20.8. The lowest BCUT2D eigenvalue weighted by atomic mass is 9.96. The summed E-state index contributed by atoms with van der Waals surface area (Å²) in [6.07, 6.45) is -1.21. The Kier molecular flexibility index (Phi) is 14.7. The lowest BCUT2D eigenvalue weighted by molar-refractivity contribution is -0.145. The molecule has 6 atom stereocenters. The number of nitrogens with zero attached hydrogens (tertiary/aromatic N) is 1. The molecule has 0 heterocycles. The number of carbonyl (C=O) groups excluding carboxylic acids is 3. The summed E-state index contributed by atoms with van der Waals surface area (Å²) in [5.41, 5.74) is 16.4. The molecule has 6 unspecified atom stereocenters. The molecule has 15 heteroatoms. The van der Waals surface area contributed by atoms with Crippen molar-refractivity contribution in [3.8, 4) is 0 Å². The summed E-state index contributed by atoms with van der Waals surface area (Å²) in [5, 5.41) is 34.8. The molecule has 0 fully saturated rings. The molecule has 0 radical (unpaired) electrons. The number of nitrogens with one attached hydrogen (secondary N) is 3. The Labute approximate surface area is 209 Å². The SMILES string of the molecule is CCC(C)C(NC(=O)C(N)CCCN=C(N)N)C(=O)NC(CCC(=O)O)C(=O)NC(C(=O)O)C(C)O. The average Bonchev–Trinajstić information content (AvgIpc) is 2.79. The smallest absolute Gasteiger partial charge is 0.328 e. The zero-order valence-electron chi connectivity index (χ0n) is 20.8. The van der Waals surface area contributed by atoms with Crippen LogP contribution < -0.4 is 33.2 Å². The fourth-order valence-electron chi connectivity index (χ4n) is 3.05. The molecule has 0 spiro atoms. The third kappa shape index (κ3) is 12.3. The van der Waals surface area contributed by atoms with Gasteiger partial charge in [0.05, 0.1) is 12.1 Å². The molecule has 206 valence electrons. The number of hydrogen-bond acceptors (Lipinski definition) is 8. The van der Waals surface area contributed by atoms with E-state index in [-0.39, 0.29) is 25.3 Å². The van der Waals surface area contributed by atoms with E-state index in [1.165, 1.54) is 0 Å². The van der Waals surface area contributed by atoms with Crippen LogP contribution in [0, 0.1) is 5.92 Å². The molecule has 0 aromatic rings. The summed E-state index contributed by atoms with van der Waals surface area (Å²) in [4.78, 5) is 64.4. The predicted molar refractivity (Wildman–Crippen MR) is 129 cm³/mol. The number of aliphatic hydroxyl groups excluding tert-OH is 1. The third-order valence-corrected chi connectivity index (χ3v) is 5.42. The first kappa shape index (κ1) is 32.5. The maximum Gasteiger partial charge on any atom is 0.328 e. The molecule has 0 aromatic carbocycles. The van der Waals surface area contributed by atoms with Gasteiger partial charge in [-0.3, -0.25) is 24.2 Å². The summed E-state index contributed by atoms with van der Waals surface area (Å²) < 4.78 is 0. The van der Waals surface area contributed by atoms with Crippen LogP contribution in [0.2, 0.25) is 0 Å². The fourth-order valence-corrected chi connectivity index (χ4v) is 3.05. The van der Waals surface area contributed by atoms with Gasteiger partial charge in [0.15, 0.2) is 12.0 Å². The first-order valence-corrected chi connectivity index (χ1v) is 11.6. The molecule has 0 aromatic heterocycles. The van der Waals surface area contributed by atoms with Gasteiger partial charge in [0.1, 0.15) is 12.1 Å². The second kappa shape index (κ2) is 16.3. The molecule has 12 N–H and O–H groups in total. The van der Waals surface area contributed by atoms with Gasteiger partial charge in [-0.2, -0.15) is 0 Å². The molecule has 0 aliphatic heterocycles. The molecular weight excluding hydrogens is 478 g/mol. The lowest BCUT2D eigenvalue weighted by Gasteiger charge is -2.28. The van der Waals surface area contributed by atoms with Crippen molar-refractivity contribution in [3.63, 3.8) is 0 Å². The van der Waals surface area contributed by atoms with E-state index in [1.807, 2.05) is 0 Å². The van der Waals surface area contributed by atoms with Gasteiger partial charge < -0.3 is 48.5 Å². The maximum absolute atomic E-state index is 13.0. The van der Waals surface area contributed by atoms with Gasteiger partial charge in [0.2, 0.25) is 17.7 Å². The van der Waals surface area contributed by atoms with Crippen LogP contribution in [0.1, 0.15) is 52.9 Å². The van der Waals surface area contributed by atoms with Crippen molar-refractivity contribution in [2.75, 3.05) is 6.54 Å². The highest BCUT2D eigenvalue weighted by molar-refractivity contribution is 5.94. The number of carbonyl (C=O) groups is 5. The number of carboxylic acid groups (broad SMARTS) is 2. The van der Waals surface area contributed by atoms with Crippen LogP contribution in [0.3, 0.4) is 0 Å². The first-order valence-electron chi connectivity index (χ1n) is 11.6. The van der Waals surface area contributed by atoms with Crippen LogP contribution in [-0.2, 0) is 24.0 Å². The molecule has 0 saturated heterocycles. The van der Waals surface area contributed by atoms with E-state index >= 15 is 0 Å². The summed E-state index contributed by atoms with van der Waals surface area (Å²) in [6.45, 7) is 4.89. The van der Waals surface area contributed by atoms with Crippen molar-refractivity contribution in [1.82, 2.24) is 16.0 Å². The first-order chi connectivity index (χ1) is 16.7. The summed E-state index contributed by atoms with van der Waals surface area (Å²) in [6, 6.07) is -5.19. The number of hydrogen-bond donors (Lipinski definition) is 9. The van der Waals surface area contributed by atoms with Gasteiger partial charge in [-0.15, -0.1) is 0 Å². The molecular formula is C21H39N7O8. The van der Waals surface area contributed by atoms with Crippen molar-refractivity contribution in [1.29, 1.82) is 0 Å². The number of guanidine groups is 1. The Morgan fingerprint density at radius 1 is 0.889 bits per heavy atom. The van der Waals surface area contributed by atoms with Crippen LogP contribution in [0.25, 0.3) is 0 Å². The van der Waals surface area contributed by atoms with E-state index in [0.29, 0.717) is 12.8 Å². The second-order valence-corrected chi connectivity index (χ2v) is 8.49. The Morgan fingerprint density at radius 2 is 1.47 bits per heavy atom. The van der Waals surface area contributed by atoms with Gasteiger partial charge in [-0.05, 0) is 32.1 Å². The zero-order chi connectivity index (χ0) is 28.0. The Bertz CT molecular complexity index is 801. The van der Waals surface area contributed by atoms with Crippen LogP contribution in [0.5, 0.6) is 0 Å². The minimum Gasteiger partial charge on any atom is -0.481 e. The van der Waals surface area contributed by atoms with E-state index in [1.54, 1.807) is 13.8 Å². The third-order valence-electron chi connectivity index (χ3n) is 5.42. The van der Waals surface area contributed by atoms with E-state index in [2.05, 4.69) is 20.9 Å². The number of aliphatic carboxylic acids is 2. The van der Waals surface area contributed by atoms with Crippen LogP contribution in [-0.4, -0.2) is 87.8 Å². The fraction of sp³-hybridized carbons (Fsp3) is 0.714. The largest absolute Gasteiger partial charge is 0.481 e. The molecule has 36 heavy (non-hydrogen) atoms. The average molecular weight is 518 g/mol. The Balaban J connectivity index is 5.51. The second-order valence-electron chi connectivity index (χ2n) is 8.49. The van der Waals surface area contributed by atoms with E-state index < -0.39 is 72.3 Å². The molecule has 0 rings (SSSR count). The highest BCUT2D eigenvalue weighted by Crippen LogP contribution is 2.11. The standard InChI is InChI=1S/C21H39N7O8/c1-4-10(2)15(27-17(32)12(22)6-5-9-25-21(23)24)19(34)26-13(7-8-14(30)31)18(33)28-16(11(3)29)20(35)36/h10-13,15-16,29H,4-9,22H2,1-3H3,(H,26,34)(H,27,32)(H,28,33)(H,30,31)(H,35,36)(H4,23,24,25). The molecule has 15 nitrogen and oxygen atoms in total. The minimum atomic E-state index is -1.68. The van der Waals surface area contributed by atoms with Gasteiger partial charge >= 0.3 is 11.9 Å². The summed E-state index contributed by atoms with van der Waals surface area (Å²) >= 11 is 0. The van der Waals surface area contributed by atoms with Crippen LogP contribution in [0.15, 0.2) is 4.99 Å².